The molecule has 0 saturated carbocycles. The topological polar surface area (TPSA) is 67.3 Å². The summed E-state index contributed by atoms with van der Waals surface area (Å²) in [4.78, 5) is 29.2. The van der Waals surface area contributed by atoms with Gasteiger partial charge >= 0.3 is 5.97 Å². The van der Waals surface area contributed by atoms with E-state index in [4.69, 9.17) is 0 Å². The van der Waals surface area contributed by atoms with Crippen molar-refractivity contribution in [2.45, 2.75) is 25.7 Å². The monoisotopic (exact) mass is 377 g/mol. The number of fused-ring (bicyclic) bond motifs is 1. The summed E-state index contributed by atoms with van der Waals surface area (Å²) >= 11 is 1.50. The van der Waals surface area contributed by atoms with Crippen molar-refractivity contribution in [3.8, 4) is 10.6 Å². The fourth-order valence-corrected chi connectivity index (χ4v) is 4.62. The summed E-state index contributed by atoms with van der Waals surface area (Å²) in [6.07, 6.45) is 1.04. The van der Waals surface area contributed by atoms with Crippen LogP contribution in [0, 0.1) is 5.41 Å². The predicted molar refractivity (Wildman–Crippen MR) is 105 cm³/mol. The summed E-state index contributed by atoms with van der Waals surface area (Å²) in [5, 5.41) is 12.6. The second-order valence-corrected chi connectivity index (χ2v) is 7.97. The number of benzene rings is 2. The molecule has 0 atom stereocenters. The molecule has 5 heteroatoms. The fourth-order valence-electron chi connectivity index (χ4n) is 3.79. The summed E-state index contributed by atoms with van der Waals surface area (Å²) in [5.41, 5.74) is 2.77. The maximum absolute atomic E-state index is 12.7. The number of rotatable bonds is 6. The smallest absolute Gasteiger partial charge is 0.310 e. The number of ketones is 1. The molecular weight excluding hydrogens is 358 g/mol. The molecule has 0 radical (unpaired) electrons. The van der Waals surface area contributed by atoms with Gasteiger partial charge in [-0.05, 0) is 24.0 Å². The SMILES string of the molecule is O=C(Cc1csc(-c2ccccc2)n1)CC1(C(=O)O)Cc2ccccc2C1. The minimum Gasteiger partial charge on any atom is -0.481 e. The second-order valence-electron chi connectivity index (χ2n) is 7.11. The number of nitrogens with zero attached hydrogens (tertiary/aromatic N) is 1. The van der Waals surface area contributed by atoms with Gasteiger partial charge in [0.15, 0.2) is 0 Å². The molecule has 2 aromatic carbocycles. The van der Waals surface area contributed by atoms with Crippen molar-refractivity contribution >= 4 is 23.1 Å². The number of hydrogen-bond acceptors (Lipinski definition) is 4. The average molecular weight is 377 g/mol. The summed E-state index contributed by atoms with van der Waals surface area (Å²) in [5.74, 6) is -0.967. The number of carboxylic acids is 1. The van der Waals surface area contributed by atoms with Crippen LogP contribution in [0.3, 0.4) is 0 Å². The first-order chi connectivity index (χ1) is 13.1. The van der Waals surface area contributed by atoms with E-state index in [2.05, 4.69) is 4.98 Å². The highest BCUT2D eigenvalue weighted by atomic mass is 32.1. The van der Waals surface area contributed by atoms with E-state index >= 15 is 0 Å². The summed E-state index contributed by atoms with van der Waals surface area (Å²) < 4.78 is 0. The molecule has 4 rings (SSSR count). The Morgan fingerprint density at radius 3 is 2.26 bits per heavy atom. The third-order valence-electron chi connectivity index (χ3n) is 5.12. The number of carbonyl (C=O) groups excluding carboxylic acids is 1. The quantitative estimate of drug-likeness (QED) is 0.700. The minimum absolute atomic E-state index is 0.0369. The summed E-state index contributed by atoms with van der Waals surface area (Å²) in [7, 11) is 0. The fraction of sp³-hybridized carbons (Fsp3) is 0.227. The molecule has 0 spiro atoms. The number of hydrogen-bond donors (Lipinski definition) is 1. The molecule has 0 saturated heterocycles. The minimum atomic E-state index is -1.03. The molecular formula is C22H19NO3S. The predicted octanol–water partition coefficient (Wildman–Crippen LogP) is 4.18. The highest BCUT2D eigenvalue weighted by Crippen LogP contribution is 2.40. The van der Waals surface area contributed by atoms with E-state index in [-0.39, 0.29) is 18.6 Å². The van der Waals surface area contributed by atoms with Crippen molar-refractivity contribution in [1.29, 1.82) is 0 Å². The normalized spacial score (nSPS) is 14.7. The van der Waals surface area contributed by atoms with Gasteiger partial charge in [0.05, 0.1) is 11.1 Å². The van der Waals surface area contributed by atoms with Gasteiger partial charge in [0.25, 0.3) is 0 Å². The van der Waals surface area contributed by atoms with E-state index in [9.17, 15) is 14.7 Å². The van der Waals surface area contributed by atoms with Crippen LogP contribution >= 0.6 is 11.3 Å². The van der Waals surface area contributed by atoms with Crippen molar-refractivity contribution in [2.24, 2.45) is 5.41 Å². The van der Waals surface area contributed by atoms with Gasteiger partial charge in [0.2, 0.25) is 0 Å². The first kappa shape index (κ1) is 17.6. The number of carbonyl (C=O) groups is 2. The van der Waals surface area contributed by atoms with E-state index in [0.29, 0.717) is 18.5 Å². The second kappa shape index (κ2) is 7.08. The Kier molecular flexibility index (Phi) is 4.62. The zero-order valence-corrected chi connectivity index (χ0v) is 15.5. The number of carboxylic acid groups (broad SMARTS) is 1. The van der Waals surface area contributed by atoms with Crippen molar-refractivity contribution in [3.05, 3.63) is 76.8 Å². The van der Waals surface area contributed by atoms with Gasteiger partial charge < -0.3 is 5.11 Å². The van der Waals surface area contributed by atoms with Gasteiger partial charge in [-0.3, -0.25) is 9.59 Å². The number of thiazole rings is 1. The maximum Gasteiger partial charge on any atom is 0.310 e. The Morgan fingerprint density at radius 2 is 1.63 bits per heavy atom. The lowest BCUT2D eigenvalue weighted by Crippen LogP contribution is -2.34. The molecule has 0 bridgehead atoms. The number of Topliss-reactive ketones (excluding diaryl/α,β-unsaturated/α-hetero) is 1. The molecule has 1 heterocycles. The Balaban J connectivity index is 1.48. The molecule has 0 fully saturated rings. The van der Waals surface area contributed by atoms with Crippen LogP contribution in [-0.2, 0) is 28.9 Å². The third-order valence-corrected chi connectivity index (χ3v) is 6.06. The molecule has 1 aliphatic rings. The Hall–Kier alpha value is -2.79. The molecule has 0 aliphatic heterocycles. The lowest BCUT2D eigenvalue weighted by atomic mass is 9.79. The maximum atomic E-state index is 12.7. The van der Waals surface area contributed by atoms with E-state index < -0.39 is 11.4 Å². The molecule has 0 amide bonds. The Morgan fingerprint density at radius 1 is 1.00 bits per heavy atom. The van der Waals surface area contributed by atoms with Gasteiger partial charge in [0.1, 0.15) is 10.8 Å². The van der Waals surface area contributed by atoms with Crippen molar-refractivity contribution in [1.82, 2.24) is 4.98 Å². The molecule has 3 aromatic rings. The zero-order chi connectivity index (χ0) is 18.9. The van der Waals surface area contributed by atoms with Gasteiger partial charge in [-0.1, -0.05) is 54.6 Å². The summed E-state index contributed by atoms with van der Waals surface area (Å²) in [6, 6.07) is 17.6. The van der Waals surface area contributed by atoms with Crippen LogP contribution in [0.15, 0.2) is 60.0 Å². The van der Waals surface area contributed by atoms with E-state index in [1.165, 1.54) is 11.3 Å². The first-order valence-corrected chi connectivity index (χ1v) is 9.75. The lowest BCUT2D eigenvalue weighted by Gasteiger charge is -2.22. The van der Waals surface area contributed by atoms with Crippen molar-refractivity contribution < 1.29 is 14.7 Å². The molecule has 4 nitrogen and oxygen atoms in total. The van der Waals surface area contributed by atoms with Crippen LogP contribution in [0.5, 0.6) is 0 Å². The van der Waals surface area contributed by atoms with Crippen molar-refractivity contribution in [3.63, 3.8) is 0 Å². The molecule has 136 valence electrons. The van der Waals surface area contributed by atoms with Gasteiger partial charge in [-0.15, -0.1) is 11.3 Å². The van der Waals surface area contributed by atoms with Crippen LogP contribution in [0.2, 0.25) is 0 Å². The average Bonchev–Trinajstić information content (AvgIpc) is 3.27. The van der Waals surface area contributed by atoms with E-state index in [1.807, 2.05) is 60.0 Å². The van der Waals surface area contributed by atoms with Gasteiger partial charge in [-0.2, -0.15) is 0 Å². The largest absolute Gasteiger partial charge is 0.481 e. The molecule has 1 N–H and O–H groups in total. The molecule has 1 aromatic heterocycles. The standard InChI is InChI=1S/C22H19NO3S/c24-19(10-18-14-27-20(23-18)15-6-2-1-3-7-15)13-22(21(25)26)11-16-8-4-5-9-17(16)12-22/h1-9,14H,10-13H2,(H,25,26). The van der Waals surface area contributed by atoms with Crippen LogP contribution in [0.25, 0.3) is 10.6 Å². The van der Waals surface area contributed by atoms with Gasteiger partial charge in [-0.25, -0.2) is 4.98 Å². The summed E-state index contributed by atoms with van der Waals surface area (Å²) in [6.45, 7) is 0. The Labute approximate surface area is 161 Å². The highest BCUT2D eigenvalue weighted by molar-refractivity contribution is 7.13. The van der Waals surface area contributed by atoms with E-state index in [1.54, 1.807) is 0 Å². The van der Waals surface area contributed by atoms with Crippen LogP contribution in [0.1, 0.15) is 23.2 Å². The van der Waals surface area contributed by atoms with Crippen LogP contribution < -0.4 is 0 Å². The first-order valence-electron chi connectivity index (χ1n) is 8.87. The third kappa shape index (κ3) is 3.55. The number of aliphatic carboxylic acids is 1. The number of aromatic nitrogens is 1. The molecule has 1 aliphatic carbocycles. The molecule has 0 unspecified atom stereocenters. The van der Waals surface area contributed by atoms with Crippen LogP contribution in [-0.4, -0.2) is 21.8 Å². The highest BCUT2D eigenvalue weighted by Gasteiger charge is 2.45. The molecule has 27 heavy (non-hydrogen) atoms. The van der Waals surface area contributed by atoms with Gasteiger partial charge in [0, 0.05) is 23.8 Å². The van der Waals surface area contributed by atoms with Crippen LogP contribution in [0.4, 0.5) is 0 Å². The zero-order valence-electron chi connectivity index (χ0n) is 14.7. The Bertz CT molecular complexity index is 969. The van der Waals surface area contributed by atoms with E-state index in [0.717, 1.165) is 21.7 Å². The van der Waals surface area contributed by atoms with Crippen molar-refractivity contribution in [2.75, 3.05) is 0 Å². The lowest BCUT2D eigenvalue weighted by molar-refractivity contribution is -0.151.